The van der Waals surface area contributed by atoms with E-state index in [4.69, 9.17) is 16.7 Å². The first-order valence-electron chi connectivity index (χ1n) is 6.29. The number of allylic oxidation sites excluding steroid dienone is 1. The fourth-order valence-corrected chi connectivity index (χ4v) is 1.93. The molecular weight excluding hydrogens is 238 g/mol. The lowest BCUT2D eigenvalue weighted by Crippen LogP contribution is -2.39. The fraction of sp³-hybridized carbons (Fsp3) is 0.846. The van der Waals surface area contributed by atoms with E-state index in [9.17, 15) is 5.11 Å². The van der Waals surface area contributed by atoms with Gasteiger partial charge in [-0.1, -0.05) is 25.5 Å². The molecule has 3 nitrogen and oxygen atoms in total. The number of halogens is 1. The van der Waals surface area contributed by atoms with E-state index in [0.29, 0.717) is 12.5 Å². The number of nitrogens with one attached hydrogen (secondary N) is 1. The molecule has 4 heteroatoms. The van der Waals surface area contributed by atoms with Gasteiger partial charge in [-0.15, -0.1) is 11.6 Å². The second kappa shape index (κ2) is 8.92. The quantitative estimate of drug-likeness (QED) is 0.463. The van der Waals surface area contributed by atoms with Crippen LogP contribution in [0.15, 0.2) is 11.6 Å². The Morgan fingerprint density at radius 3 is 2.35 bits per heavy atom. The van der Waals surface area contributed by atoms with Crippen molar-refractivity contribution in [2.24, 2.45) is 5.92 Å². The van der Waals surface area contributed by atoms with E-state index in [2.05, 4.69) is 32.2 Å². The highest BCUT2D eigenvalue weighted by Crippen LogP contribution is 2.20. The van der Waals surface area contributed by atoms with Crippen LogP contribution in [-0.2, 0) is 0 Å². The van der Waals surface area contributed by atoms with E-state index in [1.54, 1.807) is 0 Å². The first-order valence-corrected chi connectivity index (χ1v) is 6.72. The number of rotatable bonds is 8. The van der Waals surface area contributed by atoms with Gasteiger partial charge in [-0.05, 0) is 26.2 Å². The molecule has 0 aromatic rings. The summed E-state index contributed by atoms with van der Waals surface area (Å²) in [5.41, 5.74) is 1.32. The summed E-state index contributed by atoms with van der Waals surface area (Å²) in [6, 6.07) is 0.248. The van der Waals surface area contributed by atoms with Crippen molar-refractivity contribution < 1.29 is 10.2 Å². The van der Waals surface area contributed by atoms with Crippen LogP contribution in [0, 0.1) is 5.92 Å². The number of aliphatic hydroxyl groups is 2. The van der Waals surface area contributed by atoms with E-state index in [-0.39, 0.29) is 18.0 Å². The molecule has 0 aromatic carbocycles. The monoisotopic (exact) mass is 263 g/mol. The van der Waals surface area contributed by atoms with Crippen LogP contribution in [0.3, 0.4) is 0 Å². The molecule has 0 aromatic heterocycles. The van der Waals surface area contributed by atoms with Gasteiger partial charge in [-0.2, -0.15) is 0 Å². The smallest absolute Gasteiger partial charge is 0.0895 e. The zero-order valence-corrected chi connectivity index (χ0v) is 12.0. The van der Waals surface area contributed by atoms with Gasteiger partial charge in [0.25, 0.3) is 0 Å². The van der Waals surface area contributed by atoms with E-state index in [1.165, 1.54) is 5.57 Å². The summed E-state index contributed by atoms with van der Waals surface area (Å²) >= 11 is 5.98. The maximum atomic E-state index is 9.28. The molecule has 0 saturated heterocycles. The van der Waals surface area contributed by atoms with E-state index in [1.807, 2.05) is 6.92 Å². The average molecular weight is 264 g/mol. The minimum atomic E-state index is -0.689. The van der Waals surface area contributed by atoms with E-state index < -0.39 is 6.10 Å². The maximum absolute atomic E-state index is 9.28. The highest BCUT2D eigenvalue weighted by atomic mass is 35.5. The summed E-state index contributed by atoms with van der Waals surface area (Å²) in [4.78, 5) is 0. The molecule has 17 heavy (non-hydrogen) atoms. The molecule has 1 unspecified atom stereocenters. The molecule has 0 fully saturated rings. The lowest BCUT2D eigenvalue weighted by atomic mass is 9.91. The van der Waals surface area contributed by atoms with E-state index in [0.717, 1.165) is 6.42 Å². The molecule has 0 aliphatic carbocycles. The summed E-state index contributed by atoms with van der Waals surface area (Å²) in [7, 11) is 0. The van der Waals surface area contributed by atoms with Crippen LogP contribution >= 0.6 is 11.6 Å². The third kappa shape index (κ3) is 7.04. The van der Waals surface area contributed by atoms with Crippen LogP contribution in [0.1, 0.15) is 34.1 Å². The normalized spacial score (nSPS) is 19.8. The van der Waals surface area contributed by atoms with Gasteiger partial charge in [0.15, 0.2) is 0 Å². The first-order chi connectivity index (χ1) is 7.92. The number of alkyl halides is 1. The van der Waals surface area contributed by atoms with Crippen LogP contribution < -0.4 is 5.32 Å². The van der Waals surface area contributed by atoms with Crippen LogP contribution in [0.2, 0.25) is 0 Å². The Bertz CT molecular complexity index is 231. The lowest BCUT2D eigenvalue weighted by molar-refractivity contribution is 0.0911. The van der Waals surface area contributed by atoms with E-state index >= 15 is 0 Å². The zero-order valence-electron chi connectivity index (χ0n) is 11.3. The molecule has 0 amide bonds. The third-order valence-electron chi connectivity index (χ3n) is 3.07. The summed E-state index contributed by atoms with van der Waals surface area (Å²) in [6.07, 6.45) is 2.38. The van der Waals surface area contributed by atoms with Crippen molar-refractivity contribution in [1.29, 1.82) is 0 Å². The summed E-state index contributed by atoms with van der Waals surface area (Å²) in [5.74, 6) is 0.368. The Morgan fingerprint density at radius 1 is 1.35 bits per heavy atom. The Hall–Kier alpha value is -0.0900. The zero-order chi connectivity index (χ0) is 13.4. The van der Waals surface area contributed by atoms with Crippen LogP contribution in [-0.4, -0.2) is 40.9 Å². The van der Waals surface area contributed by atoms with Gasteiger partial charge in [0.2, 0.25) is 0 Å². The molecule has 0 rings (SSSR count). The van der Waals surface area contributed by atoms with Crippen molar-refractivity contribution in [2.75, 3.05) is 13.2 Å². The topological polar surface area (TPSA) is 52.5 Å². The van der Waals surface area contributed by atoms with Crippen molar-refractivity contribution >= 4 is 11.6 Å². The highest BCUT2D eigenvalue weighted by Gasteiger charge is 2.16. The number of aliphatic hydroxyl groups excluding tert-OH is 2. The number of hydrogen-bond acceptors (Lipinski definition) is 3. The molecule has 3 N–H and O–H groups in total. The van der Waals surface area contributed by atoms with Crippen molar-refractivity contribution in [3.8, 4) is 0 Å². The van der Waals surface area contributed by atoms with Crippen molar-refractivity contribution in [2.45, 2.75) is 51.6 Å². The fourth-order valence-electron chi connectivity index (χ4n) is 1.77. The molecule has 0 aliphatic rings. The second-order valence-corrected chi connectivity index (χ2v) is 5.28. The lowest BCUT2D eigenvalue weighted by Gasteiger charge is -2.25. The highest BCUT2D eigenvalue weighted by molar-refractivity contribution is 6.21. The van der Waals surface area contributed by atoms with Gasteiger partial charge < -0.3 is 15.5 Å². The van der Waals surface area contributed by atoms with Gasteiger partial charge in [-0.3, -0.25) is 0 Å². The summed E-state index contributed by atoms with van der Waals surface area (Å²) in [6.45, 7) is 8.52. The van der Waals surface area contributed by atoms with Gasteiger partial charge in [0.05, 0.1) is 12.7 Å². The Kier molecular flexibility index (Phi) is 8.88. The molecular formula is C13H26ClNO2. The Balaban J connectivity index is 4.31. The molecule has 0 radical (unpaired) electrons. The van der Waals surface area contributed by atoms with Crippen LogP contribution in [0.25, 0.3) is 0 Å². The van der Waals surface area contributed by atoms with Crippen molar-refractivity contribution in [3.63, 3.8) is 0 Å². The largest absolute Gasteiger partial charge is 0.394 e. The first kappa shape index (κ1) is 16.9. The second-order valence-electron chi connectivity index (χ2n) is 4.59. The van der Waals surface area contributed by atoms with Crippen LogP contribution in [0.4, 0.5) is 0 Å². The SMILES string of the molecule is CC/C(=C\C(C)Cl)[C@H](C)[C@H](C)NC[C@H](O)CO. The Morgan fingerprint density at radius 2 is 1.94 bits per heavy atom. The standard InChI is InChI=1S/C13H26ClNO2/c1-5-12(6-9(2)14)10(3)11(4)15-7-13(17)8-16/h6,9-11,13,15-17H,5,7-8H2,1-4H3/b12-6+/t9?,10-,11+,13+/m1/s1. The van der Waals surface area contributed by atoms with Gasteiger partial charge in [-0.25, -0.2) is 0 Å². The molecule has 102 valence electrons. The molecule has 0 aliphatic heterocycles. The molecule has 0 bridgehead atoms. The van der Waals surface area contributed by atoms with Crippen molar-refractivity contribution in [3.05, 3.63) is 11.6 Å². The van der Waals surface area contributed by atoms with Gasteiger partial charge >= 0.3 is 0 Å². The molecule has 0 saturated carbocycles. The minimum Gasteiger partial charge on any atom is -0.394 e. The number of hydrogen-bond donors (Lipinski definition) is 3. The van der Waals surface area contributed by atoms with Crippen molar-refractivity contribution in [1.82, 2.24) is 5.32 Å². The third-order valence-corrected chi connectivity index (χ3v) is 3.20. The molecule has 4 atom stereocenters. The van der Waals surface area contributed by atoms with Crippen LogP contribution in [0.5, 0.6) is 0 Å². The maximum Gasteiger partial charge on any atom is 0.0895 e. The summed E-state index contributed by atoms with van der Waals surface area (Å²) in [5, 5.41) is 21.3. The average Bonchev–Trinajstić information content (AvgIpc) is 2.31. The van der Waals surface area contributed by atoms with Gasteiger partial charge in [0, 0.05) is 18.0 Å². The van der Waals surface area contributed by atoms with Gasteiger partial charge in [0.1, 0.15) is 0 Å². The predicted molar refractivity (Wildman–Crippen MR) is 73.4 cm³/mol. The molecule has 0 heterocycles. The summed E-state index contributed by atoms with van der Waals surface area (Å²) < 4.78 is 0. The predicted octanol–water partition coefficient (Wildman–Crippen LogP) is 1.92. The molecule has 0 spiro atoms. The minimum absolute atomic E-state index is 0.0441. The Labute approximate surface area is 110 Å².